The molecule has 19 heavy (non-hydrogen) atoms. The van der Waals surface area contributed by atoms with Crippen molar-refractivity contribution in [2.45, 2.75) is 26.7 Å². The van der Waals surface area contributed by atoms with Gasteiger partial charge in [0.2, 0.25) is 0 Å². The summed E-state index contributed by atoms with van der Waals surface area (Å²) in [5.74, 6) is 2.13. The highest BCUT2D eigenvalue weighted by Gasteiger charge is 2.20. The second-order valence-corrected chi connectivity index (χ2v) is 5.10. The minimum absolute atomic E-state index is 0.899. The fraction of sp³-hybridized carbons (Fsp3) is 0.714. The quantitative estimate of drug-likeness (QED) is 0.874. The molecule has 1 N–H and O–H groups in total. The van der Waals surface area contributed by atoms with Crippen LogP contribution in [0.2, 0.25) is 0 Å². The van der Waals surface area contributed by atoms with Gasteiger partial charge in [-0.05, 0) is 20.4 Å². The maximum atomic E-state index is 4.55. The zero-order valence-corrected chi connectivity index (χ0v) is 12.3. The third-order valence-corrected chi connectivity index (χ3v) is 3.57. The second kappa shape index (κ2) is 6.70. The Hall–Kier alpha value is -1.36. The van der Waals surface area contributed by atoms with E-state index < -0.39 is 0 Å². The van der Waals surface area contributed by atoms with E-state index in [4.69, 9.17) is 0 Å². The van der Waals surface area contributed by atoms with Gasteiger partial charge < -0.3 is 15.1 Å². The molecule has 0 aliphatic carbocycles. The predicted octanol–water partition coefficient (Wildman–Crippen LogP) is 1.61. The van der Waals surface area contributed by atoms with E-state index in [1.165, 1.54) is 5.56 Å². The summed E-state index contributed by atoms with van der Waals surface area (Å²) in [5.41, 5.74) is 1.27. The van der Waals surface area contributed by atoms with Crippen molar-refractivity contribution < 1.29 is 0 Å². The van der Waals surface area contributed by atoms with Gasteiger partial charge >= 0.3 is 0 Å². The van der Waals surface area contributed by atoms with Crippen molar-refractivity contribution in [2.24, 2.45) is 0 Å². The highest BCUT2D eigenvalue weighted by molar-refractivity contribution is 5.59. The Morgan fingerprint density at radius 1 is 1.16 bits per heavy atom. The van der Waals surface area contributed by atoms with Crippen LogP contribution < -0.4 is 10.2 Å². The molecule has 0 amide bonds. The molecule has 1 aliphatic heterocycles. The van der Waals surface area contributed by atoms with E-state index in [1.807, 2.05) is 0 Å². The lowest BCUT2D eigenvalue weighted by Crippen LogP contribution is -2.45. The summed E-state index contributed by atoms with van der Waals surface area (Å²) in [6.45, 7) is 9.52. The third kappa shape index (κ3) is 3.35. The molecule has 1 aromatic rings. The van der Waals surface area contributed by atoms with Crippen molar-refractivity contribution >= 4 is 11.6 Å². The number of anilines is 2. The van der Waals surface area contributed by atoms with Gasteiger partial charge in [-0.15, -0.1) is 0 Å². The first-order chi connectivity index (χ1) is 9.26. The van der Waals surface area contributed by atoms with Gasteiger partial charge in [0, 0.05) is 38.3 Å². The number of rotatable bonds is 5. The van der Waals surface area contributed by atoms with Gasteiger partial charge in [0.25, 0.3) is 0 Å². The van der Waals surface area contributed by atoms with Gasteiger partial charge in [-0.25, -0.2) is 9.97 Å². The smallest absolute Gasteiger partial charge is 0.137 e. The largest absolute Gasteiger partial charge is 0.370 e. The minimum Gasteiger partial charge on any atom is -0.370 e. The lowest BCUT2D eigenvalue weighted by Gasteiger charge is -2.34. The van der Waals surface area contributed by atoms with Gasteiger partial charge in [-0.3, -0.25) is 0 Å². The molecule has 0 aromatic carbocycles. The molecule has 0 unspecified atom stereocenters. The molecule has 106 valence electrons. The molecule has 5 nitrogen and oxygen atoms in total. The van der Waals surface area contributed by atoms with Gasteiger partial charge in [-0.2, -0.15) is 0 Å². The lowest BCUT2D eigenvalue weighted by atomic mass is 10.1. The van der Waals surface area contributed by atoms with Gasteiger partial charge in [0.1, 0.15) is 18.0 Å². The third-order valence-electron chi connectivity index (χ3n) is 3.57. The molecular weight excluding hydrogens is 238 g/mol. The van der Waals surface area contributed by atoms with Crippen LogP contribution in [0, 0.1) is 0 Å². The van der Waals surface area contributed by atoms with E-state index in [-0.39, 0.29) is 0 Å². The van der Waals surface area contributed by atoms with E-state index in [1.54, 1.807) is 6.33 Å². The molecule has 0 spiro atoms. The Morgan fingerprint density at radius 2 is 1.89 bits per heavy atom. The van der Waals surface area contributed by atoms with Crippen LogP contribution in [0.4, 0.5) is 11.6 Å². The Labute approximate surface area is 116 Å². The predicted molar refractivity (Wildman–Crippen MR) is 79.9 cm³/mol. The van der Waals surface area contributed by atoms with Crippen LogP contribution in [0.1, 0.15) is 25.8 Å². The first kappa shape index (κ1) is 14.1. The number of nitrogens with one attached hydrogen (secondary N) is 1. The van der Waals surface area contributed by atoms with Crippen molar-refractivity contribution in [1.82, 2.24) is 14.9 Å². The van der Waals surface area contributed by atoms with Crippen molar-refractivity contribution in [3.05, 3.63) is 11.9 Å². The van der Waals surface area contributed by atoms with E-state index in [0.717, 1.165) is 57.2 Å². The van der Waals surface area contributed by atoms with E-state index in [0.29, 0.717) is 0 Å². The summed E-state index contributed by atoms with van der Waals surface area (Å²) in [6.07, 6.45) is 3.84. The Morgan fingerprint density at radius 3 is 2.53 bits per heavy atom. The Bertz CT molecular complexity index is 399. The van der Waals surface area contributed by atoms with Crippen LogP contribution in [-0.4, -0.2) is 54.6 Å². The van der Waals surface area contributed by atoms with Crippen molar-refractivity contribution in [3.63, 3.8) is 0 Å². The minimum atomic E-state index is 0.899. The average Bonchev–Trinajstić information content (AvgIpc) is 2.42. The second-order valence-electron chi connectivity index (χ2n) is 5.10. The molecule has 1 saturated heterocycles. The number of aromatic nitrogens is 2. The fourth-order valence-corrected chi connectivity index (χ4v) is 2.49. The standard InChI is InChI=1S/C14H25N5/c1-4-6-12-13(15-5-2)16-11-17-14(12)19-9-7-18(3)8-10-19/h11H,4-10H2,1-3H3,(H,15,16,17). The molecule has 0 bridgehead atoms. The zero-order valence-electron chi connectivity index (χ0n) is 12.3. The summed E-state index contributed by atoms with van der Waals surface area (Å²) in [7, 11) is 2.17. The number of piperazine rings is 1. The molecule has 0 saturated carbocycles. The van der Waals surface area contributed by atoms with Crippen molar-refractivity contribution in [2.75, 3.05) is 50.0 Å². The molecule has 1 aliphatic rings. The molecule has 1 fully saturated rings. The lowest BCUT2D eigenvalue weighted by molar-refractivity contribution is 0.311. The van der Waals surface area contributed by atoms with E-state index in [9.17, 15) is 0 Å². The molecule has 2 heterocycles. The van der Waals surface area contributed by atoms with Crippen LogP contribution in [0.25, 0.3) is 0 Å². The van der Waals surface area contributed by atoms with E-state index >= 15 is 0 Å². The first-order valence-corrected chi connectivity index (χ1v) is 7.27. The summed E-state index contributed by atoms with van der Waals surface area (Å²) in [4.78, 5) is 13.7. The summed E-state index contributed by atoms with van der Waals surface area (Å²) >= 11 is 0. The SMILES string of the molecule is CCCc1c(NCC)ncnc1N1CCN(C)CC1. The molecular formula is C14H25N5. The molecule has 2 rings (SSSR count). The topological polar surface area (TPSA) is 44.3 Å². The van der Waals surface area contributed by atoms with Gasteiger partial charge in [0.05, 0.1) is 0 Å². The van der Waals surface area contributed by atoms with Gasteiger partial charge in [-0.1, -0.05) is 13.3 Å². The first-order valence-electron chi connectivity index (χ1n) is 7.27. The zero-order chi connectivity index (χ0) is 13.7. The number of hydrogen-bond acceptors (Lipinski definition) is 5. The number of nitrogens with zero attached hydrogens (tertiary/aromatic N) is 4. The van der Waals surface area contributed by atoms with E-state index in [2.05, 4.69) is 46.0 Å². The van der Waals surface area contributed by atoms with Crippen molar-refractivity contribution in [3.8, 4) is 0 Å². The Kier molecular flexibility index (Phi) is 4.96. The fourth-order valence-electron chi connectivity index (χ4n) is 2.49. The summed E-state index contributed by atoms with van der Waals surface area (Å²) in [6, 6.07) is 0. The Balaban J connectivity index is 2.25. The molecule has 0 atom stereocenters. The molecule has 0 radical (unpaired) electrons. The molecule has 5 heteroatoms. The maximum absolute atomic E-state index is 4.55. The van der Waals surface area contributed by atoms with Crippen LogP contribution in [0.3, 0.4) is 0 Å². The highest BCUT2D eigenvalue weighted by Crippen LogP contribution is 2.25. The van der Waals surface area contributed by atoms with Crippen molar-refractivity contribution in [1.29, 1.82) is 0 Å². The van der Waals surface area contributed by atoms with Crippen LogP contribution in [-0.2, 0) is 6.42 Å². The summed E-state index contributed by atoms with van der Waals surface area (Å²) in [5, 5.41) is 3.36. The average molecular weight is 263 g/mol. The normalized spacial score (nSPS) is 16.7. The number of likely N-dealkylation sites (N-methyl/N-ethyl adjacent to an activating group) is 1. The maximum Gasteiger partial charge on any atom is 0.137 e. The number of hydrogen-bond donors (Lipinski definition) is 1. The summed E-state index contributed by atoms with van der Waals surface area (Å²) < 4.78 is 0. The van der Waals surface area contributed by atoms with Crippen LogP contribution in [0.5, 0.6) is 0 Å². The van der Waals surface area contributed by atoms with Gasteiger partial charge in [0.15, 0.2) is 0 Å². The highest BCUT2D eigenvalue weighted by atomic mass is 15.3. The molecule has 1 aromatic heterocycles. The monoisotopic (exact) mass is 263 g/mol. The van der Waals surface area contributed by atoms with Crippen LogP contribution >= 0.6 is 0 Å². The van der Waals surface area contributed by atoms with Crippen LogP contribution in [0.15, 0.2) is 6.33 Å².